The smallest absolute Gasteiger partial charge is 0.221 e. The van der Waals surface area contributed by atoms with E-state index in [2.05, 4.69) is 29.2 Å². The second kappa shape index (κ2) is 4.36. The maximum absolute atomic E-state index is 6.06. The molecule has 2 heteroatoms. The molecule has 3 rings (SSSR count). The van der Waals surface area contributed by atoms with E-state index < -0.39 is 0 Å². The van der Waals surface area contributed by atoms with E-state index in [-0.39, 0.29) is 0 Å². The topological polar surface area (TPSA) is 22.1 Å². The average molecular weight is 227 g/mol. The van der Waals surface area contributed by atoms with Gasteiger partial charge in [0.25, 0.3) is 0 Å². The van der Waals surface area contributed by atoms with Gasteiger partial charge in [-0.05, 0) is 50.1 Å². The van der Waals surface area contributed by atoms with Crippen molar-refractivity contribution in [2.24, 2.45) is 0 Å². The van der Waals surface area contributed by atoms with Crippen molar-refractivity contribution < 1.29 is 4.74 Å². The number of benzene rings is 1. The van der Waals surface area contributed by atoms with Crippen LogP contribution in [0.15, 0.2) is 30.3 Å². The third-order valence-corrected chi connectivity index (χ3v) is 3.41. The van der Waals surface area contributed by atoms with E-state index in [9.17, 15) is 0 Å². The summed E-state index contributed by atoms with van der Waals surface area (Å²) in [7, 11) is 0. The maximum Gasteiger partial charge on any atom is 0.221 e. The summed E-state index contributed by atoms with van der Waals surface area (Å²) in [6.07, 6.45) is 5.28. The molecule has 0 radical (unpaired) electrons. The molecular formula is C15H17NO. The molecule has 0 N–H and O–H groups in total. The van der Waals surface area contributed by atoms with Crippen molar-refractivity contribution in [3.8, 4) is 5.88 Å². The van der Waals surface area contributed by atoms with Crippen molar-refractivity contribution in [3.63, 3.8) is 0 Å². The van der Waals surface area contributed by atoms with Crippen molar-refractivity contribution in [2.45, 2.75) is 38.7 Å². The Bertz CT molecular complexity index is 529. The Morgan fingerprint density at radius 2 is 1.94 bits per heavy atom. The van der Waals surface area contributed by atoms with Gasteiger partial charge in [-0.3, -0.25) is 0 Å². The van der Waals surface area contributed by atoms with Gasteiger partial charge in [0, 0.05) is 11.1 Å². The largest absolute Gasteiger partial charge is 0.474 e. The van der Waals surface area contributed by atoms with Gasteiger partial charge in [-0.2, -0.15) is 0 Å². The average Bonchev–Trinajstić information content (AvgIpc) is 2.81. The fourth-order valence-corrected chi connectivity index (χ4v) is 2.55. The van der Waals surface area contributed by atoms with Crippen LogP contribution in [0.1, 0.15) is 31.4 Å². The molecule has 1 aliphatic carbocycles. The molecule has 0 aliphatic heterocycles. The van der Waals surface area contributed by atoms with Crippen molar-refractivity contribution >= 4 is 10.8 Å². The second-order valence-corrected chi connectivity index (χ2v) is 4.81. The molecule has 2 nitrogen and oxygen atoms in total. The lowest BCUT2D eigenvalue weighted by Crippen LogP contribution is -2.12. The minimum Gasteiger partial charge on any atom is -0.474 e. The Morgan fingerprint density at radius 3 is 2.76 bits per heavy atom. The van der Waals surface area contributed by atoms with Crippen molar-refractivity contribution in [1.29, 1.82) is 0 Å². The van der Waals surface area contributed by atoms with Gasteiger partial charge in [0.05, 0.1) is 0 Å². The summed E-state index contributed by atoms with van der Waals surface area (Å²) in [5.74, 6) is 0.813. The molecule has 1 aliphatic rings. The van der Waals surface area contributed by atoms with Crippen LogP contribution in [0, 0.1) is 6.92 Å². The molecule has 1 aromatic heterocycles. The first-order chi connectivity index (χ1) is 8.33. The lowest BCUT2D eigenvalue weighted by Gasteiger charge is -2.14. The molecule has 0 bridgehead atoms. The molecule has 1 saturated carbocycles. The van der Waals surface area contributed by atoms with Crippen molar-refractivity contribution in [2.75, 3.05) is 0 Å². The first-order valence-electron chi connectivity index (χ1n) is 6.36. The number of hydrogen-bond acceptors (Lipinski definition) is 2. The van der Waals surface area contributed by atoms with Crippen LogP contribution in [0.4, 0.5) is 0 Å². The number of pyridine rings is 1. The molecule has 1 aromatic carbocycles. The SMILES string of the molecule is Cc1cc2ccccc2c(OC2CCCC2)n1. The van der Waals surface area contributed by atoms with Gasteiger partial charge in [0.15, 0.2) is 0 Å². The summed E-state index contributed by atoms with van der Waals surface area (Å²) in [4.78, 5) is 4.54. The van der Waals surface area contributed by atoms with E-state index in [0.717, 1.165) is 17.0 Å². The predicted molar refractivity (Wildman–Crippen MR) is 69.4 cm³/mol. The molecule has 0 saturated heterocycles. The molecule has 1 heterocycles. The van der Waals surface area contributed by atoms with Crippen LogP contribution in [0.2, 0.25) is 0 Å². The highest BCUT2D eigenvalue weighted by molar-refractivity contribution is 5.87. The maximum atomic E-state index is 6.06. The van der Waals surface area contributed by atoms with E-state index in [1.54, 1.807) is 0 Å². The minimum absolute atomic E-state index is 0.368. The highest BCUT2D eigenvalue weighted by Gasteiger charge is 2.18. The summed E-state index contributed by atoms with van der Waals surface area (Å²) >= 11 is 0. The molecular weight excluding hydrogens is 210 g/mol. The molecule has 17 heavy (non-hydrogen) atoms. The second-order valence-electron chi connectivity index (χ2n) is 4.81. The fourth-order valence-electron chi connectivity index (χ4n) is 2.55. The number of fused-ring (bicyclic) bond motifs is 1. The first-order valence-corrected chi connectivity index (χ1v) is 6.36. The zero-order valence-electron chi connectivity index (χ0n) is 10.1. The summed E-state index contributed by atoms with van der Waals surface area (Å²) in [5.41, 5.74) is 1.02. The Labute approximate surface area is 102 Å². The molecule has 2 aromatic rings. The third kappa shape index (κ3) is 2.12. The molecule has 0 unspecified atom stereocenters. The van der Waals surface area contributed by atoms with Crippen LogP contribution in [0.25, 0.3) is 10.8 Å². The van der Waals surface area contributed by atoms with Gasteiger partial charge in [-0.1, -0.05) is 18.2 Å². The van der Waals surface area contributed by atoms with Crippen LogP contribution in [-0.4, -0.2) is 11.1 Å². The van der Waals surface area contributed by atoms with E-state index >= 15 is 0 Å². The zero-order valence-corrected chi connectivity index (χ0v) is 10.1. The van der Waals surface area contributed by atoms with Gasteiger partial charge >= 0.3 is 0 Å². The quantitative estimate of drug-likeness (QED) is 0.777. The van der Waals surface area contributed by atoms with E-state index in [1.807, 2.05) is 13.0 Å². The van der Waals surface area contributed by atoms with E-state index in [4.69, 9.17) is 4.74 Å². The minimum atomic E-state index is 0.368. The molecule has 0 amide bonds. The molecule has 88 valence electrons. The van der Waals surface area contributed by atoms with Gasteiger partial charge < -0.3 is 4.74 Å². The van der Waals surface area contributed by atoms with Gasteiger partial charge in [0.2, 0.25) is 5.88 Å². The summed E-state index contributed by atoms with van der Waals surface area (Å²) in [5, 5.41) is 2.35. The number of nitrogens with zero attached hydrogens (tertiary/aromatic N) is 1. The number of aromatic nitrogens is 1. The highest BCUT2D eigenvalue weighted by Crippen LogP contribution is 2.29. The normalized spacial score (nSPS) is 16.5. The van der Waals surface area contributed by atoms with Crippen molar-refractivity contribution in [1.82, 2.24) is 4.98 Å². The van der Waals surface area contributed by atoms with Crippen LogP contribution in [0.3, 0.4) is 0 Å². The Balaban J connectivity index is 2.01. The van der Waals surface area contributed by atoms with Crippen LogP contribution >= 0.6 is 0 Å². The number of aryl methyl sites for hydroxylation is 1. The van der Waals surface area contributed by atoms with Crippen LogP contribution in [0.5, 0.6) is 5.88 Å². The third-order valence-electron chi connectivity index (χ3n) is 3.41. The monoisotopic (exact) mass is 227 g/mol. The van der Waals surface area contributed by atoms with Gasteiger partial charge in [-0.15, -0.1) is 0 Å². The molecule has 1 fully saturated rings. The summed E-state index contributed by atoms with van der Waals surface area (Å²) in [6.45, 7) is 2.02. The number of ether oxygens (including phenoxy) is 1. The van der Waals surface area contributed by atoms with Gasteiger partial charge in [-0.25, -0.2) is 4.98 Å². The summed E-state index contributed by atoms with van der Waals surface area (Å²) in [6, 6.07) is 10.4. The predicted octanol–water partition coefficient (Wildman–Crippen LogP) is 3.86. The lowest BCUT2D eigenvalue weighted by molar-refractivity contribution is 0.204. The van der Waals surface area contributed by atoms with Gasteiger partial charge in [0.1, 0.15) is 6.10 Å². The van der Waals surface area contributed by atoms with E-state index in [0.29, 0.717) is 6.10 Å². The van der Waals surface area contributed by atoms with Crippen LogP contribution < -0.4 is 4.74 Å². The number of rotatable bonds is 2. The van der Waals surface area contributed by atoms with Crippen molar-refractivity contribution in [3.05, 3.63) is 36.0 Å². The Kier molecular flexibility index (Phi) is 2.71. The highest BCUT2D eigenvalue weighted by atomic mass is 16.5. The Hall–Kier alpha value is -1.57. The summed E-state index contributed by atoms with van der Waals surface area (Å²) < 4.78 is 6.06. The lowest BCUT2D eigenvalue weighted by atomic mass is 10.1. The Morgan fingerprint density at radius 1 is 1.18 bits per heavy atom. The first kappa shape index (κ1) is 10.6. The standard InChI is InChI=1S/C15H17NO/c1-11-10-12-6-2-5-9-14(12)15(16-11)17-13-7-3-4-8-13/h2,5-6,9-10,13H,3-4,7-8H2,1H3. The zero-order chi connectivity index (χ0) is 11.7. The van der Waals surface area contributed by atoms with Crippen LogP contribution in [-0.2, 0) is 0 Å². The van der Waals surface area contributed by atoms with E-state index in [1.165, 1.54) is 31.1 Å². The fraction of sp³-hybridized carbons (Fsp3) is 0.400. The molecule has 0 atom stereocenters. The molecule has 0 spiro atoms. The number of hydrogen-bond donors (Lipinski definition) is 0.